The minimum atomic E-state index is -1.12. The Morgan fingerprint density at radius 2 is 1.81 bits per heavy atom. The number of rotatable bonds is 1. The van der Waals surface area contributed by atoms with Gasteiger partial charge in [0.25, 0.3) is 0 Å². The second-order valence-corrected chi connectivity index (χ2v) is 10.0. The predicted octanol–water partition coefficient (Wildman–Crippen LogP) is 3.50. The predicted molar refractivity (Wildman–Crippen MR) is 120 cm³/mol. The molecule has 0 unspecified atom stereocenters. The van der Waals surface area contributed by atoms with Crippen LogP contribution in [0.5, 0.6) is 0 Å². The molecule has 7 heteroatoms. The highest BCUT2D eigenvalue weighted by Gasteiger charge is 2.74. The van der Waals surface area contributed by atoms with Crippen molar-refractivity contribution in [3.05, 3.63) is 57.6 Å². The van der Waals surface area contributed by atoms with Gasteiger partial charge in [-0.2, -0.15) is 0 Å². The van der Waals surface area contributed by atoms with E-state index in [1.165, 1.54) is 4.90 Å². The summed E-state index contributed by atoms with van der Waals surface area (Å²) in [5.41, 5.74) is 3.13. The molecule has 0 aliphatic carbocycles. The Morgan fingerprint density at radius 1 is 1.06 bits per heavy atom. The summed E-state index contributed by atoms with van der Waals surface area (Å²) in [5.74, 6) is -1.84. The Kier molecular flexibility index (Phi) is 3.88. The third-order valence-corrected chi connectivity index (χ3v) is 8.06. The van der Waals surface area contributed by atoms with Crippen LogP contribution in [0.1, 0.15) is 29.5 Å². The molecule has 6 rings (SSSR count). The minimum absolute atomic E-state index is 0.0978. The van der Waals surface area contributed by atoms with Crippen molar-refractivity contribution in [2.24, 2.45) is 11.8 Å². The molecule has 0 bridgehead atoms. The zero-order valence-electron chi connectivity index (χ0n) is 17.3. The van der Waals surface area contributed by atoms with Gasteiger partial charge in [-0.15, -0.1) is 0 Å². The molecule has 3 fully saturated rings. The van der Waals surface area contributed by atoms with E-state index in [2.05, 4.69) is 26.1 Å². The summed E-state index contributed by atoms with van der Waals surface area (Å²) in [6, 6.07) is 11.2. The van der Waals surface area contributed by atoms with Crippen molar-refractivity contribution in [3.63, 3.8) is 0 Å². The molecule has 2 aromatic rings. The highest BCUT2D eigenvalue weighted by molar-refractivity contribution is 9.10. The molecule has 4 aliphatic rings. The summed E-state index contributed by atoms with van der Waals surface area (Å²) in [6.45, 7) is 4.71. The fourth-order valence-electron chi connectivity index (χ4n) is 6.50. The molecule has 158 valence electrons. The number of nitrogens with zero attached hydrogens (tertiary/aromatic N) is 2. The van der Waals surface area contributed by atoms with Crippen molar-refractivity contribution in [1.29, 1.82) is 0 Å². The van der Waals surface area contributed by atoms with Crippen LogP contribution >= 0.6 is 15.9 Å². The molecular weight excluding hydrogens is 458 g/mol. The number of imide groups is 1. The van der Waals surface area contributed by atoms with Crippen LogP contribution in [0.25, 0.3) is 0 Å². The smallest absolute Gasteiger partial charge is 0.250 e. The number of hydrogen-bond acceptors (Lipinski definition) is 4. The van der Waals surface area contributed by atoms with E-state index in [9.17, 15) is 14.4 Å². The SMILES string of the molecule is Cc1cc(C)c2c(c1)[C@]1(C(=O)N2)[C@@H]2C(=O)N(c3ccc(Br)cc3)C(=O)[C@@H]2[C@H]2CCCN21. The topological polar surface area (TPSA) is 69.7 Å². The van der Waals surface area contributed by atoms with Gasteiger partial charge in [0, 0.05) is 21.8 Å². The number of hydrogen-bond donors (Lipinski definition) is 1. The van der Waals surface area contributed by atoms with E-state index < -0.39 is 17.4 Å². The number of amides is 3. The monoisotopic (exact) mass is 479 g/mol. The largest absolute Gasteiger partial charge is 0.324 e. The lowest BCUT2D eigenvalue weighted by atomic mass is 9.75. The summed E-state index contributed by atoms with van der Waals surface area (Å²) in [7, 11) is 0. The van der Waals surface area contributed by atoms with Crippen molar-refractivity contribution >= 4 is 45.0 Å². The van der Waals surface area contributed by atoms with Gasteiger partial charge in [0.05, 0.1) is 17.5 Å². The maximum Gasteiger partial charge on any atom is 0.250 e. The molecule has 0 saturated carbocycles. The van der Waals surface area contributed by atoms with E-state index in [1.807, 2.05) is 38.1 Å². The number of nitrogens with one attached hydrogen (secondary N) is 1. The Morgan fingerprint density at radius 3 is 2.55 bits per heavy atom. The van der Waals surface area contributed by atoms with Gasteiger partial charge in [-0.25, -0.2) is 4.90 Å². The van der Waals surface area contributed by atoms with Crippen LogP contribution in [0.3, 0.4) is 0 Å². The second kappa shape index (κ2) is 6.26. The van der Waals surface area contributed by atoms with Crippen LogP contribution in [-0.4, -0.2) is 35.2 Å². The first kappa shape index (κ1) is 19.2. The van der Waals surface area contributed by atoms with Crippen LogP contribution in [0.15, 0.2) is 40.9 Å². The van der Waals surface area contributed by atoms with Gasteiger partial charge in [0.2, 0.25) is 17.7 Å². The second-order valence-electron chi connectivity index (χ2n) is 9.12. The minimum Gasteiger partial charge on any atom is -0.324 e. The van der Waals surface area contributed by atoms with Gasteiger partial charge in [0.1, 0.15) is 5.54 Å². The standard InChI is InChI=1S/C24H22BrN3O3/c1-12-10-13(2)20-16(11-12)24(23(31)26-20)19-18(17-4-3-9-27(17)24)21(29)28(22(19)30)15-7-5-14(25)6-8-15/h5-8,10-11,17-19H,3-4,9H2,1-2H3,(H,26,31)/t17-,18-,19+,24-/m1/s1. The van der Waals surface area contributed by atoms with E-state index in [1.54, 1.807) is 12.1 Å². The molecule has 4 atom stereocenters. The Labute approximate surface area is 188 Å². The number of carbonyl (C=O) groups is 3. The zero-order chi connectivity index (χ0) is 21.7. The van der Waals surface area contributed by atoms with Crippen LogP contribution in [0.4, 0.5) is 11.4 Å². The number of anilines is 2. The highest BCUT2D eigenvalue weighted by Crippen LogP contribution is 2.61. The van der Waals surface area contributed by atoms with Crippen LogP contribution < -0.4 is 10.2 Å². The van der Waals surface area contributed by atoms with Gasteiger partial charge >= 0.3 is 0 Å². The lowest BCUT2D eigenvalue weighted by Crippen LogP contribution is -2.54. The maximum absolute atomic E-state index is 13.9. The zero-order valence-corrected chi connectivity index (χ0v) is 18.9. The molecule has 0 aromatic heterocycles. The maximum atomic E-state index is 13.9. The summed E-state index contributed by atoms with van der Waals surface area (Å²) in [4.78, 5) is 44.7. The lowest BCUT2D eigenvalue weighted by molar-refractivity contribution is -0.135. The third kappa shape index (κ3) is 2.23. The summed E-state index contributed by atoms with van der Waals surface area (Å²) in [6.07, 6.45) is 1.74. The molecule has 6 nitrogen and oxygen atoms in total. The first-order chi connectivity index (χ1) is 14.9. The molecule has 4 aliphatic heterocycles. The number of fused-ring (bicyclic) bond motifs is 7. The normalized spacial score (nSPS) is 31.4. The van der Waals surface area contributed by atoms with E-state index in [-0.39, 0.29) is 23.8 Å². The number of aryl methyl sites for hydroxylation is 2. The summed E-state index contributed by atoms with van der Waals surface area (Å²) >= 11 is 3.41. The fraction of sp³-hybridized carbons (Fsp3) is 0.375. The fourth-order valence-corrected chi connectivity index (χ4v) is 6.77. The average molecular weight is 480 g/mol. The molecule has 4 heterocycles. The molecule has 3 amide bonds. The van der Waals surface area contributed by atoms with E-state index >= 15 is 0 Å². The van der Waals surface area contributed by atoms with Crippen molar-refractivity contribution in [1.82, 2.24) is 4.90 Å². The Hall–Kier alpha value is -2.51. The van der Waals surface area contributed by atoms with E-state index in [0.29, 0.717) is 5.69 Å². The summed E-state index contributed by atoms with van der Waals surface area (Å²) in [5, 5.41) is 3.08. The molecule has 2 aromatic carbocycles. The van der Waals surface area contributed by atoms with Gasteiger partial charge < -0.3 is 5.32 Å². The van der Waals surface area contributed by atoms with Gasteiger partial charge in [-0.3, -0.25) is 19.3 Å². The van der Waals surface area contributed by atoms with Crippen LogP contribution in [0.2, 0.25) is 0 Å². The van der Waals surface area contributed by atoms with E-state index in [4.69, 9.17) is 0 Å². The molecule has 3 saturated heterocycles. The van der Waals surface area contributed by atoms with E-state index in [0.717, 1.165) is 46.2 Å². The Balaban J connectivity index is 1.57. The molecule has 1 N–H and O–H groups in total. The van der Waals surface area contributed by atoms with Gasteiger partial charge in [0.15, 0.2) is 0 Å². The number of benzene rings is 2. The Bertz CT molecular complexity index is 1180. The quantitative estimate of drug-likeness (QED) is 0.635. The van der Waals surface area contributed by atoms with Crippen LogP contribution in [0, 0.1) is 25.7 Å². The number of carbonyl (C=O) groups excluding carboxylic acids is 3. The first-order valence-electron chi connectivity index (χ1n) is 10.7. The first-order valence-corrected chi connectivity index (χ1v) is 11.5. The molecule has 1 spiro atoms. The third-order valence-electron chi connectivity index (χ3n) is 7.53. The van der Waals surface area contributed by atoms with Gasteiger partial charge in [-0.05, 0) is 63.1 Å². The van der Waals surface area contributed by atoms with Crippen LogP contribution in [-0.2, 0) is 19.9 Å². The molecule has 31 heavy (non-hydrogen) atoms. The summed E-state index contributed by atoms with van der Waals surface area (Å²) < 4.78 is 0.879. The molecular formula is C24H22BrN3O3. The van der Waals surface area contributed by atoms with Crippen molar-refractivity contribution < 1.29 is 14.4 Å². The highest BCUT2D eigenvalue weighted by atomic mass is 79.9. The number of halogens is 1. The van der Waals surface area contributed by atoms with Crippen molar-refractivity contribution in [3.8, 4) is 0 Å². The van der Waals surface area contributed by atoms with Crippen molar-refractivity contribution in [2.45, 2.75) is 38.3 Å². The molecule has 0 radical (unpaired) electrons. The average Bonchev–Trinajstić information content (AvgIpc) is 3.42. The van der Waals surface area contributed by atoms with Gasteiger partial charge in [-0.1, -0.05) is 33.6 Å². The lowest BCUT2D eigenvalue weighted by Gasteiger charge is -2.36. The van der Waals surface area contributed by atoms with Crippen molar-refractivity contribution in [2.75, 3.05) is 16.8 Å².